The Morgan fingerprint density at radius 3 is 2.44 bits per heavy atom. The van der Waals surface area contributed by atoms with Crippen LogP contribution in [0.1, 0.15) is 48.1 Å². The van der Waals surface area contributed by atoms with Gasteiger partial charge in [-0.15, -0.1) is 0 Å². The van der Waals surface area contributed by atoms with Gasteiger partial charge in [0.05, 0.1) is 6.20 Å². The van der Waals surface area contributed by atoms with Gasteiger partial charge in [0.25, 0.3) is 5.91 Å². The number of amides is 1. The Morgan fingerprint density at radius 2 is 1.85 bits per heavy atom. The van der Waals surface area contributed by atoms with Crippen LogP contribution in [0.2, 0.25) is 5.02 Å². The molecule has 0 aliphatic carbocycles. The summed E-state index contributed by atoms with van der Waals surface area (Å²) >= 11 is 6.02. The van der Waals surface area contributed by atoms with E-state index >= 15 is 0 Å². The molecule has 0 saturated heterocycles. The second kappa shape index (κ2) is 8.84. The van der Waals surface area contributed by atoms with E-state index in [2.05, 4.69) is 11.9 Å². The van der Waals surface area contributed by atoms with Crippen molar-refractivity contribution in [2.75, 3.05) is 0 Å². The van der Waals surface area contributed by atoms with Crippen LogP contribution in [0.15, 0.2) is 71.5 Å². The normalized spacial score (nSPS) is 14.3. The summed E-state index contributed by atoms with van der Waals surface area (Å²) in [6.07, 6.45) is 3.35. The van der Waals surface area contributed by atoms with Crippen LogP contribution in [0.25, 0.3) is 0 Å². The molecular formula is C21H21ClN2O3. The van der Waals surface area contributed by atoms with Crippen LogP contribution in [0, 0.1) is 0 Å². The monoisotopic (exact) mass is 384 g/mol. The summed E-state index contributed by atoms with van der Waals surface area (Å²) in [7, 11) is 0. The van der Waals surface area contributed by atoms with E-state index in [0.717, 1.165) is 11.1 Å². The van der Waals surface area contributed by atoms with E-state index in [1.54, 1.807) is 5.48 Å². The number of aromatic nitrogens is 1. The Bertz CT molecular complexity index is 851. The number of hydrogen-bond donors (Lipinski definition) is 2. The summed E-state index contributed by atoms with van der Waals surface area (Å²) in [6.45, 7) is 2.12. The number of benzene rings is 2. The molecule has 0 bridgehead atoms. The molecule has 3 atom stereocenters. The third kappa shape index (κ3) is 4.56. The molecule has 3 rings (SSSR count). The minimum atomic E-state index is -0.704. The lowest BCUT2D eigenvalue weighted by Gasteiger charge is -2.27. The number of oxazole rings is 1. The van der Waals surface area contributed by atoms with Crippen LogP contribution < -0.4 is 5.48 Å². The minimum absolute atomic E-state index is 0.00146. The summed E-state index contributed by atoms with van der Waals surface area (Å²) in [4.78, 5) is 16.4. The molecule has 1 aromatic heterocycles. The number of hydrogen-bond acceptors (Lipinski definition) is 4. The summed E-state index contributed by atoms with van der Waals surface area (Å²) in [5.74, 6) is -0.854. The van der Waals surface area contributed by atoms with Gasteiger partial charge in [0.2, 0.25) is 5.89 Å². The fourth-order valence-corrected chi connectivity index (χ4v) is 3.51. The van der Waals surface area contributed by atoms with Gasteiger partial charge >= 0.3 is 0 Å². The van der Waals surface area contributed by atoms with Gasteiger partial charge in [-0.1, -0.05) is 61.0 Å². The van der Waals surface area contributed by atoms with E-state index < -0.39 is 11.8 Å². The number of carbonyl (C=O) groups excluding carboxylic acids is 1. The second-order valence-corrected chi connectivity index (χ2v) is 6.93. The van der Waals surface area contributed by atoms with Crippen LogP contribution in [0.4, 0.5) is 0 Å². The lowest BCUT2D eigenvalue weighted by molar-refractivity contribution is -0.131. The molecule has 2 N–H and O–H groups in total. The van der Waals surface area contributed by atoms with E-state index in [0.29, 0.717) is 11.4 Å². The van der Waals surface area contributed by atoms with Gasteiger partial charge in [0.1, 0.15) is 12.2 Å². The Kier molecular flexibility index (Phi) is 6.27. The summed E-state index contributed by atoms with van der Waals surface area (Å²) < 4.78 is 5.36. The highest BCUT2D eigenvalue weighted by atomic mass is 35.5. The van der Waals surface area contributed by atoms with Crippen molar-refractivity contribution in [3.05, 3.63) is 89.1 Å². The zero-order chi connectivity index (χ0) is 19.2. The summed E-state index contributed by atoms with van der Waals surface area (Å²) in [5, 5.41) is 9.87. The molecule has 0 aliphatic heterocycles. The predicted molar refractivity (Wildman–Crippen MR) is 103 cm³/mol. The maximum Gasteiger partial charge on any atom is 0.255 e. The van der Waals surface area contributed by atoms with Crippen molar-refractivity contribution < 1.29 is 14.4 Å². The Hall–Kier alpha value is -2.63. The molecule has 1 amide bonds. The van der Waals surface area contributed by atoms with Gasteiger partial charge in [-0.25, -0.2) is 10.5 Å². The van der Waals surface area contributed by atoms with Crippen molar-refractivity contribution in [2.45, 2.75) is 31.1 Å². The summed E-state index contributed by atoms with van der Waals surface area (Å²) in [5.41, 5.74) is 3.95. The lowest BCUT2D eigenvalue weighted by Crippen LogP contribution is -2.28. The number of rotatable bonds is 7. The maximum atomic E-state index is 12.3. The average Bonchev–Trinajstić information content (AvgIpc) is 3.23. The molecule has 27 heavy (non-hydrogen) atoms. The van der Waals surface area contributed by atoms with E-state index in [4.69, 9.17) is 16.0 Å². The van der Waals surface area contributed by atoms with Crippen molar-refractivity contribution >= 4 is 17.5 Å². The van der Waals surface area contributed by atoms with Crippen molar-refractivity contribution in [1.82, 2.24) is 10.5 Å². The maximum absolute atomic E-state index is 12.3. The van der Waals surface area contributed by atoms with Gasteiger partial charge < -0.3 is 4.42 Å². The largest absolute Gasteiger partial charge is 0.448 e. The fourth-order valence-electron chi connectivity index (χ4n) is 3.39. The van der Waals surface area contributed by atoms with Crippen molar-refractivity contribution in [1.29, 1.82) is 0 Å². The Morgan fingerprint density at radius 1 is 1.15 bits per heavy atom. The topological polar surface area (TPSA) is 75.4 Å². The second-order valence-electron chi connectivity index (χ2n) is 6.49. The standard InChI is InChI=1S/C21H21ClN2O3/c1-14(15-7-9-17(22)10-8-15)18(16-5-3-2-4-6-16)13-19(20(25)24-26)21-23-11-12-27-21/h2-12,14,18-19,26H,13H2,1H3,(H,24,25). The minimum Gasteiger partial charge on any atom is -0.448 e. The molecule has 0 aliphatic rings. The zero-order valence-corrected chi connectivity index (χ0v) is 15.6. The Labute approximate surface area is 163 Å². The highest BCUT2D eigenvalue weighted by Gasteiger charge is 2.32. The highest BCUT2D eigenvalue weighted by Crippen LogP contribution is 2.40. The quantitative estimate of drug-likeness (QED) is 0.449. The first-order chi connectivity index (χ1) is 13.1. The van der Waals surface area contributed by atoms with Crippen LogP contribution in [0.5, 0.6) is 0 Å². The van der Waals surface area contributed by atoms with E-state index in [1.807, 2.05) is 54.6 Å². The molecule has 2 aromatic carbocycles. The third-order valence-electron chi connectivity index (χ3n) is 4.89. The van der Waals surface area contributed by atoms with Crippen molar-refractivity contribution in [3.8, 4) is 0 Å². The van der Waals surface area contributed by atoms with Crippen molar-refractivity contribution in [3.63, 3.8) is 0 Å². The van der Waals surface area contributed by atoms with Crippen LogP contribution >= 0.6 is 11.6 Å². The number of carbonyl (C=O) groups is 1. The smallest absolute Gasteiger partial charge is 0.255 e. The molecule has 0 spiro atoms. The molecule has 3 unspecified atom stereocenters. The molecule has 0 radical (unpaired) electrons. The van der Waals surface area contributed by atoms with Gasteiger partial charge in [-0.3, -0.25) is 10.0 Å². The number of nitrogens with one attached hydrogen (secondary N) is 1. The van der Waals surface area contributed by atoms with Gasteiger partial charge in [0.15, 0.2) is 0 Å². The molecule has 0 saturated carbocycles. The first-order valence-electron chi connectivity index (χ1n) is 8.74. The van der Waals surface area contributed by atoms with E-state index in [1.165, 1.54) is 12.5 Å². The average molecular weight is 385 g/mol. The van der Waals surface area contributed by atoms with Gasteiger partial charge in [0, 0.05) is 5.02 Å². The fraction of sp³-hybridized carbons (Fsp3) is 0.238. The SMILES string of the molecule is CC(c1ccc(Cl)cc1)C(CC(C(=O)NO)c1ncco1)c1ccccc1. The lowest BCUT2D eigenvalue weighted by atomic mass is 9.77. The van der Waals surface area contributed by atoms with E-state index in [-0.39, 0.29) is 17.7 Å². The molecule has 0 fully saturated rings. The molecule has 5 nitrogen and oxygen atoms in total. The number of nitrogens with zero attached hydrogens (tertiary/aromatic N) is 1. The number of hydroxylamine groups is 1. The molecule has 1 heterocycles. The van der Waals surface area contributed by atoms with Gasteiger partial charge in [-0.2, -0.15) is 0 Å². The van der Waals surface area contributed by atoms with Crippen molar-refractivity contribution in [2.24, 2.45) is 0 Å². The Balaban J connectivity index is 1.96. The molecule has 3 aromatic rings. The number of halogens is 1. The van der Waals surface area contributed by atoms with Crippen LogP contribution in [-0.4, -0.2) is 16.1 Å². The molecular weight excluding hydrogens is 364 g/mol. The van der Waals surface area contributed by atoms with Gasteiger partial charge in [-0.05, 0) is 41.5 Å². The highest BCUT2D eigenvalue weighted by molar-refractivity contribution is 6.30. The first-order valence-corrected chi connectivity index (χ1v) is 9.11. The first kappa shape index (κ1) is 19.1. The third-order valence-corrected chi connectivity index (χ3v) is 5.14. The molecule has 6 heteroatoms. The summed E-state index contributed by atoms with van der Waals surface area (Å²) in [6, 6.07) is 17.7. The van der Waals surface area contributed by atoms with E-state index in [9.17, 15) is 10.0 Å². The zero-order valence-electron chi connectivity index (χ0n) is 14.9. The van der Waals surface area contributed by atoms with Crippen LogP contribution in [0.3, 0.4) is 0 Å². The predicted octanol–water partition coefficient (Wildman–Crippen LogP) is 4.89. The molecule has 140 valence electrons. The van der Waals surface area contributed by atoms with Crippen LogP contribution in [-0.2, 0) is 4.79 Å².